The molecule has 0 saturated carbocycles. The molecule has 0 fully saturated rings. The molecule has 1 aliphatic rings. The Balaban J connectivity index is 1.93. The molecule has 0 radical (unpaired) electrons. The highest BCUT2D eigenvalue weighted by Gasteiger charge is 2.42. The maximum Gasteiger partial charge on any atom is 0.325 e. The van der Waals surface area contributed by atoms with E-state index in [0.29, 0.717) is 0 Å². The summed E-state index contributed by atoms with van der Waals surface area (Å²) in [6.45, 7) is 5.30. The SMILES string of the molecule is COC(=O)CN(Cc1ccccc1)C(=O)c1ccc2c(c1)C(=O)N(C(C)(C)C)C2=O. The molecule has 3 rings (SSSR count). The molecule has 2 aromatic rings. The van der Waals surface area contributed by atoms with Crippen molar-refractivity contribution in [2.75, 3.05) is 13.7 Å². The van der Waals surface area contributed by atoms with Crippen molar-refractivity contribution in [3.63, 3.8) is 0 Å². The number of esters is 1. The van der Waals surface area contributed by atoms with Gasteiger partial charge >= 0.3 is 5.97 Å². The predicted molar refractivity (Wildman–Crippen MR) is 110 cm³/mol. The second kappa shape index (κ2) is 8.10. The number of carbonyl (C=O) groups excluding carboxylic acids is 4. The molecule has 156 valence electrons. The number of imide groups is 1. The lowest BCUT2D eigenvalue weighted by Gasteiger charge is -2.29. The van der Waals surface area contributed by atoms with Crippen LogP contribution in [0.4, 0.5) is 0 Å². The van der Waals surface area contributed by atoms with Crippen LogP contribution in [0.5, 0.6) is 0 Å². The van der Waals surface area contributed by atoms with Gasteiger partial charge in [-0.1, -0.05) is 30.3 Å². The topological polar surface area (TPSA) is 84.0 Å². The second-order valence-electron chi connectivity index (χ2n) is 8.10. The van der Waals surface area contributed by atoms with E-state index in [1.165, 1.54) is 35.1 Å². The van der Waals surface area contributed by atoms with E-state index < -0.39 is 23.3 Å². The summed E-state index contributed by atoms with van der Waals surface area (Å²) < 4.78 is 4.72. The Bertz CT molecular complexity index is 1010. The van der Waals surface area contributed by atoms with Gasteiger partial charge in [-0.05, 0) is 44.5 Å². The fourth-order valence-corrected chi connectivity index (χ4v) is 3.39. The average molecular weight is 408 g/mol. The number of benzene rings is 2. The molecule has 7 heteroatoms. The Labute approximate surface area is 175 Å². The van der Waals surface area contributed by atoms with Crippen molar-refractivity contribution in [2.24, 2.45) is 0 Å². The predicted octanol–water partition coefficient (Wildman–Crippen LogP) is 2.90. The van der Waals surface area contributed by atoms with Crippen LogP contribution in [0, 0.1) is 0 Å². The molecule has 0 spiro atoms. The highest BCUT2D eigenvalue weighted by atomic mass is 16.5. The molecular formula is C23H24N2O5. The van der Waals surface area contributed by atoms with Crippen molar-refractivity contribution in [1.29, 1.82) is 0 Å². The quantitative estimate of drug-likeness (QED) is 0.561. The molecule has 1 heterocycles. The van der Waals surface area contributed by atoms with Gasteiger partial charge in [0, 0.05) is 17.6 Å². The van der Waals surface area contributed by atoms with Crippen LogP contribution >= 0.6 is 0 Å². The fourth-order valence-electron chi connectivity index (χ4n) is 3.39. The van der Waals surface area contributed by atoms with E-state index in [1.54, 1.807) is 20.8 Å². The van der Waals surface area contributed by atoms with Crippen LogP contribution in [0.25, 0.3) is 0 Å². The minimum absolute atomic E-state index is 0.193. The van der Waals surface area contributed by atoms with Gasteiger partial charge < -0.3 is 9.64 Å². The fraction of sp³-hybridized carbons (Fsp3) is 0.304. The van der Waals surface area contributed by atoms with Crippen LogP contribution in [0.3, 0.4) is 0 Å². The summed E-state index contributed by atoms with van der Waals surface area (Å²) in [5.74, 6) is -1.79. The van der Waals surface area contributed by atoms with Gasteiger partial charge in [-0.3, -0.25) is 24.1 Å². The Hall–Kier alpha value is -3.48. The lowest BCUT2D eigenvalue weighted by molar-refractivity contribution is -0.141. The summed E-state index contributed by atoms with van der Waals surface area (Å²) >= 11 is 0. The number of ether oxygens (including phenoxy) is 1. The third-order valence-electron chi connectivity index (χ3n) is 4.86. The van der Waals surface area contributed by atoms with Gasteiger partial charge in [0.05, 0.1) is 18.2 Å². The van der Waals surface area contributed by atoms with Gasteiger partial charge in [0.1, 0.15) is 6.54 Å². The Morgan fingerprint density at radius 1 is 0.967 bits per heavy atom. The zero-order valence-corrected chi connectivity index (χ0v) is 17.5. The first-order valence-corrected chi connectivity index (χ1v) is 9.56. The smallest absolute Gasteiger partial charge is 0.325 e. The maximum atomic E-state index is 13.2. The van der Waals surface area contributed by atoms with Crippen LogP contribution < -0.4 is 0 Å². The summed E-state index contributed by atoms with van der Waals surface area (Å²) in [5, 5.41) is 0. The van der Waals surface area contributed by atoms with Crippen molar-refractivity contribution in [3.8, 4) is 0 Å². The Kier molecular flexibility index (Phi) is 5.73. The van der Waals surface area contributed by atoms with Crippen LogP contribution in [0.2, 0.25) is 0 Å². The first-order chi connectivity index (χ1) is 14.1. The zero-order valence-electron chi connectivity index (χ0n) is 17.5. The largest absolute Gasteiger partial charge is 0.468 e. The molecule has 2 aromatic carbocycles. The first-order valence-electron chi connectivity index (χ1n) is 9.56. The Morgan fingerprint density at radius 2 is 1.60 bits per heavy atom. The monoisotopic (exact) mass is 408 g/mol. The summed E-state index contributed by atoms with van der Waals surface area (Å²) in [6.07, 6.45) is 0. The number of fused-ring (bicyclic) bond motifs is 1. The first kappa shape index (κ1) is 21.2. The summed E-state index contributed by atoms with van der Waals surface area (Å²) in [6, 6.07) is 13.7. The van der Waals surface area contributed by atoms with Crippen molar-refractivity contribution >= 4 is 23.7 Å². The summed E-state index contributed by atoms with van der Waals surface area (Å²) in [5.41, 5.74) is 0.862. The molecule has 30 heavy (non-hydrogen) atoms. The number of rotatable bonds is 5. The van der Waals surface area contributed by atoms with E-state index in [9.17, 15) is 19.2 Å². The molecular weight excluding hydrogens is 384 g/mol. The van der Waals surface area contributed by atoms with E-state index in [0.717, 1.165) is 5.56 Å². The minimum Gasteiger partial charge on any atom is -0.468 e. The molecule has 3 amide bonds. The molecule has 0 aliphatic carbocycles. The second-order valence-corrected chi connectivity index (χ2v) is 8.10. The standard InChI is InChI=1S/C23H24N2O5/c1-23(2,3)25-21(28)17-11-10-16(12-18(17)22(25)29)20(27)24(14-19(26)30-4)13-15-8-6-5-7-9-15/h5-12H,13-14H2,1-4H3. The highest BCUT2D eigenvalue weighted by Crippen LogP contribution is 2.30. The molecule has 0 unspecified atom stereocenters. The summed E-state index contributed by atoms with van der Waals surface area (Å²) in [7, 11) is 1.26. The van der Waals surface area contributed by atoms with Crippen LogP contribution in [-0.2, 0) is 16.1 Å². The van der Waals surface area contributed by atoms with E-state index in [1.807, 2.05) is 30.3 Å². The van der Waals surface area contributed by atoms with Crippen molar-refractivity contribution in [2.45, 2.75) is 32.9 Å². The zero-order chi connectivity index (χ0) is 22.1. The van der Waals surface area contributed by atoms with Gasteiger partial charge in [0.2, 0.25) is 0 Å². The van der Waals surface area contributed by atoms with Gasteiger partial charge in [-0.25, -0.2) is 0 Å². The maximum absolute atomic E-state index is 13.2. The van der Waals surface area contributed by atoms with Gasteiger partial charge in [0.15, 0.2) is 0 Å². The third-order valence-corrected chi connectivity index (χ3v) is 4.86. The van der Waals surface area contributed by atoms with Crippen LogP contribution in [0.15, 0.2) is 48.5 Å². The van der Waals surface area contributed by atoms with E-state index in [2.05, 4.69) is 0 Å². The number of hydrogen-bond donors (Lipinski definition) is 0. The Morgan fingerprint density at radius 3 is 2.20 bits per heavy atom. The number of methoxy groups -OCH3 is 1. The molecule has 0 atom stereocenters. The van der Waals surface area contributed by atoms with Crippen molar-refractivity contribution in [3.05, 3.63) is 70.8 Å². The molecule has 0 N–H and O–H groups in total. The van der Waals surface area contributed by atoms with E-state index >= 15 is 0 Å². The lowest BCUT2D eigenvalue weighted by atomic mass is 10.0. The van der Waals surface area contributed by atoms with Crippen molar-refractivity contribution < 1.29 is 23.9 Å². The van der Waals surface area contributed by atoms with Crippen LogP contribution in [0.1, 0.15) is 57.4 Å². The molecule has 7 nitrogen and oxygen atoms in total. The minimum atomic E-state index is -0.679. The molecule has 1 aliphatic heterocycles. The molecule has 0 saturated heterocycles. The lowest BCUT2D eigenvalue weighted by Crippen LogP contribution is -2.45. The van der Waals surface area contributed by atoms with Gasteiger partial charge in [0.25, 0.3) is 17.7 Å². The highest BCUT2D eigenvalue weighted by molar-refractivity contribution is 6.22. The molecule has 0 aromatic heterocycles. The number of hydrogen-bond acceptors (Lipinski definition) is 5. The molecule has 0 bridgehead atoms. The average Bonchev–Trinajstić information content (AvgIpc) is 2.97. The number of amides is 3. The van der Waals surface area contributed by atoms with Gasteiger partial charge in [-0.15, -0.1) is 0 Å². The normalized spacial score (nSPS) is 13.3. The summed E-state index contributed by atoms with van der Waals surface area (Å²) in [4.78, 5) is 53.0. The van der Waals surface area contributed by atoms with Gasteiger partial charge in [-0.2, -0.15) is 0 Å². The van der Waals surface area contributed by atoms with Crippen LogP contribution in [-0.4, -0.2) is 52.7 Å². The number of nitrogens with zero attached hydrogens (tertiary/aromatic N) is 2. The van der Waals surface area contributed by atoms with E-state index in [4.69, 9.17) is 4.74 Å². The number of carbonyl (C=O) groups is 4. The van der Waals surface area contributed by atoms with Crippen molar-refractivity contribution in [1.82, 2.24) is 9.80 Å². The van der Waals surface area contributed by atoms with E-state index in [-0.39, 0.29) is 35.7 Å². The third kappa shape index (κ3) is 4.10.